The molecule has 1 heterocycles. The minimum Gasteiger partial charge on any atom is -0.469 e. The molecule has 0 radical (unpaired) electrons. The van der Waals surface area contributed by atoms with Crippen LogP contribution in [0.2, 0.25) is 5.15 Å². The molecular formula is C11H15ClN2O2. The van der Waals surface area contributed by atoms with E-state index in [0.717, 1.165) is 11.3 Å². The van der Waals surface area contributed by atoms with Crippen LogP contribution >= 0.6 is 11.6 Å². The molecule has 0 spiro atoms. The van der Waals surface area contributed by atoms with Gasteiger partial charge in [0.25, 0.3) is 0 Å². The summed E-state index contributed by atoms with van der Waals surface area (Å²) in [7, 11) is 1.36. The summed E-state index contributed by atoms with van der Waals surface area (Å²) in [6.07, 6.45) is 0.257. The summed E-state index contributed by atoms with van der Waals surface area (Å²) in [5.74, 6) is -0.354. The first-order valence-electron chi connectivity index (χ1n) is 4.97. The average Bonchev–Trinajstić information content (AvgIpc) is 2.24. The molecule has 1 aromatic rings. The van der Waals surface area contributed by atoms with E-state index in [2.05, 4.69) is 9.72 Å². The molecule has 0 amide bonds. The lowest BCUT2D eigenvalue weighted by Crippen LogP contribution is -2.17. The number of rotatable bonds is 4. The lowest BCUT2D eigenvalue weighted by molar-refractivity contribution is -0.141. The Morgan fingerprint density at radius 1 is 1.62 bits per heavy atom. The lowest BCUT2D eigenvalue weighted by Gasteiger charge is -2.14. The van der Waals surface area contributed by atoms with Crippen molar-refractivity contribution in [3.63, 3.8) is 0 Å². The van der Waals surface area contributed by atoms with Crippen molar-refractivity contribution in [2.45, 2.75) is 19.3 Å². The molecule has 0 saturated heterocycles. The van der Waals surface area contributed by atoms with Gasteiger partial charge in [-0.2, -0.15) is 0 Å². The molecule has 88 valence electrons. The van der Waals surface area contributed by atoms with Crippen LogP contribution in [0.5, 0.6) is 0 Å². The Bertz CT molecular complexity index is 362. The van der Waals surface area contributed by atoms with Gasteiger partial charge in [-0.15, -0.1) is 0 Å². The van der Waals surface area contributed by atoms with E-state index in [0.29, 0.717) is 11.7 Å². The fourth-order valence-electron chi connectivity index (χ4n) is 1.51. The third-order valence-corrected chi connectivity index (χ3v) is 2.53. The van der Waals surface area contributed by atoms with Gasteiger partial charge >= 0.3 is 5.97 Å². The van der Waals surface area contributed by atoms with Crippen molar-refractivity contribution < 1.29 is 9.53 Å². The van der Waals surface area contributed by atoms with E-state index in [4.69, 9.17) is 17.3 Å². The van der Waals surface area contributed by atoms with E-state index >= 15 is 0 Å². The number of carbonyl (C=O) groups excluding carboxylic acids is 1. The SMILES string of the molecule is COC(=O)CC(CN)c1cc(C)nc(Cl)c1. The van der Waals surface area contributed by atoms with Crippen molar-refractivity contribution in [3.05, 3.63) is 28.5 Å². The third kappa shape index (κ3) is 3.47. The highest BCUT2D eigenvalue weighted by Gasteiger charge is 2.16. The number of aryl methyl sites for hydroxylation is 1. The number of ether oxygens (including phenoxy) is 1. The van der Waals surface area contributed by atoms with Gasteiger partial charge in [-0.3, -0.25) is 4.79 Å². The van der Waals surface area contributed by atoms with Crippen LogP contribution < -0.4 is 5.73 Å². The van der Waals surface area contributed by atoms with Gasteiger partial charge in [0, 0.05) is 11.6 Å². The average molecular weight is 243 g/mol. The number of aromatic nitrogens is 1. The molecule has 1 aromatic heterocycles. The second-order valence-corrected chi connectivity index (χ2v) is 3.96. The lowest BCUT2D eigenvalue weighted by atomic mass is 9.96. The predicted octanol–water partition coefficient (Wildman–Crippen LogP) is 1.65. The Kier molecular flexibility index (Phi) is 4.71. The molecule has 4 nitrogen and oxygen atoms in total. The van der Waals surface area contributed by atoms with Crippen molar-refractivity contribution in [2.75, 3.05) is 13.7 Å². The molecule has 0 bridgehead atoms. The van der Waals surface area contributed by atoms with Crippen LogP contribution in [-0.2, 0) is 9.53 Å². The quantitative estimate of drug-likeness (QED) is 0.644. The topological polar surface area (TPSA) is 65.2 Å². The van der Waals surface area contributed by atoms with Crippen molar-refractivity contribution >= 4 is 17.6 Å². The normalized spacial score (nSPS) is 12.2. The molecule has 0 aliphatic carbocycles. The number of methoxy groups -OCH3 is 1. The molecule has 1 atom stereocenters. The van der Waals surface area contributed by atoms with E-state index in [1.165, 1.54) is 7.11 Å². The molecule has 0 saturated carbocycles. The van der Waals surface area contributed by atoms with Crippen molar-refractivity contribution in [1.29, 1.82) is 0 Å². The number of pyridine rings is 1. The number of nitrogens with zero attached hydrogens (tertiary/aromatic N) is 1. The van der Waals surface area contributed by atoms with E-state index in [-0.39, 0.29) is 18.3 Å². The first kappa shape index (κ1) is 12.9. The first-order chi connectivity index (χ1) is 7.56. The molecule has 1 rings (SSSR count). The number of esters is 1. The second-order valence-electron chi connectivity index (χ2n) is 3.58. The molecule has 16 heavy (non-hydrogen) atoms. The van der Waals surface area contributed by atoms with Crippen LogP contribution in [0, 0.1) is 6.92 Å². The van der Waals surface area contributed by atoms with E-state index in [1.807, 2.05) is 13.0 Å². The highest BCUT2D eigenvalue weighted by molar-refractivity contribution is 6.29. The Morgan fingerprint density at radius 3 is 2.81 bits per heavy atom. The van der Waals surface area contributed by atoms with Crippen LogP contribution in [-0.4, -0.2) is 24.6 Å². The maximum atomic E-state index is 11.2. The highest BCUT2D eigenvalue weighted by atomic mass is 35.5. The summed E-state index contributed by atoms with van der Waals surface area (Å²) in [6.45, 7) is 2.22. The first-order valence-corrected chi connectivity index (χ1v) is 5.35. The Labute approximate surface area is 99.8 Å². The minimum atomic E-state index is -0.277. The van der Waals surface area contributed by atoms with Crippen molar-refractivity contribution in [1.82, 2.24) is 4.98 Å². The third-order valence-electron chi connectivity index (χ3n) is 2.34. The van der Waals surface area contributed by atoms with Crippen molar-refractivity contribution in [3.8, 4) is 0 Å². The van der Waals surface area contributed by atoms with Gasteiger partial charge in [0.15, 0.2) is 0 Å². The van der Waals surface area contributed by atoms with Crippen LogP contribution in [0.3, 0.4) is 0 Å². The van der Waals surface area contributed by atoms with Crippen LogP contribution in [0.15, 0.2) is 12.1 Å². The van der Waals surface area contributed by atoms with Crippen molar-refractivity contribution in [2.24, 2.45) is 5.73 Å². The molecule has 0 aromatic carbocycles. The zero-order valence-corrected chi connectivity index (χ0v) is 10.1. The fraction of sp³-hybridized carbons (Fsp3) is 0.455. The Balaban J connectivity index is 2.90. The summed E-state index contributed by atoms with van der Waals surface area (Å²) in [5, 5.41) is 0.415. The summed E-state index contributed by atoms with van der Waals surface area (Å²) in [4.78, 5) is 15.3. The molecule has 0 fully saturated rings. The molecule has 1 unspecified atom stereocenters. The highest BCUT2D eigenvalue weighted by Crippen LogP contribution is 2.22. The maximum Gasteiger partial charge on any atom is 0.306 e. The number of nitrogens with two attached hydrogens (primary N) is 1. The van der Waals surface area contributed by atoms with Gasteiger partial charge in [0.05, 0.1) is 13.5 Å². The van der Waals surface area contributed by atoms with Gasteiger partial charge in [-0.1, -0.05) is 11.6 Å². The summed E-state index contributed by atoms with van der Waals surface area (Å²) in [5.41, 5.74) is 7.37. The van der Waals surface area contributed by atoms with E-state index in [9.17, 15) is 4.79 Å². The molecule has 0 aliphatic heterocycles. The van der Waals surface area contributed by atoms with Crippen LogP contribution in [0.4, 0.5) is 0 Å². The molecule has 2 N–H and O–H groups in total. The zero-order valence-electron chi connectivity index (χ0n) is 9.37. The zero-order chi connectivity index (χ0) is 12.1. The summed E-state index contributed by atoms with van der Waals surface area (Å²) >= 11 is 5.85. The summed E-state index contributed by atoms with van der Waals surface area (Å²) < 4.78 is 4.62. The van der Waals surface area contributed by atoms with Gasteiger partial charge in [-0.05, 0) is 31.2 Å². The van der Waals surface area contributed by atoms with Gasteiger partial charge < -0.3 is 10.5 Å². The van der Waals surface area contributed by atoms with Crippen LogP contribution in [0.1, 0.15) is 23.6 Å². The van der Waals surface area contributed by atoms with Crippen LogP contribution in [0.25, 0.3) is 0 Å². The number of halogens is 1. The second kappa shape index (κ2) is 5.82. The number of hydrogen-bond donors (Lipinski definition) is 1. The Morgan fingerprint density at radius 2 is 2.31 bits per heavy atom. The number of hydrogen-bond acceptors (Lipinski definition) is 4. The maximum absolute atomic E-state index is 11.2. The minimum absolute atomic E-state index is 0.0772. The standard InChI is InChI=1S/C11H15ClN2O2/c1-7-3-8(4-10(12)14-7)9(6-13)5-11(15)16-2/h3-4,9H,5-6,13H2,1-2H3. The van der Waals surface area contributed by atoms with E-state index < -0.39 is 0 Å². The smallest absolute Gasteiger partial charge is 0.306 e. The molecule has 5 heteroatoms. The van der Waals surface area contributed by atoms with E-state index in [1.54, 1.807) is 6.07 Å². The van der Waals surface area contributed by atoms with Gasteiger partial charge in [0.1, 0.15) is 5.15 Å². The fourth-order valence-corrected chi connectivity index (χ4v) is 1.77. The number of carbonyl (C=O) groups is 1. The summed E-state index contributed by atoms with van der Waals surface area (Å²) in [6, 6.07) is 3.61. The largest absolute Gasteiger partial charge is 0.469 e. The van der Waals surface area contributed by atoms with Gasteiger partial charge in [0.2, 0.25) is 0 Å². The predicted molar refractivity (Wildman–Crippen MR) is 62.4 cm³/mol. The van der Waals surface area contributed by atoms with Gasteiger partial charge in [-0.25, -0.2) is 4.98 Å². The molecule has 0 aliphatic rings. The Hall–Kier alpha value is -1.13. The molecular weight excluding hydrogens is 228 g/mol. The monoisotopic (exact) mass is 242 g/mol.